The van der Waals surface area contributed by atoms with Crippen LogP contribution in [0.1, 0.15) is 38.5 Å². The molecule has 29 heavy (non-hydrogen) atoms. The average molecular weight is 423 g/mol. The molecule has 2 aromatic carbocycles. The molecule has 4 atom stereocenters. The molecule has 154 valence electrons. The Morgan fingerprint density at radius 3 is 1.76 bits per heavy atom. The van der Waals surface area contributed by atoms with Crippen molar-refractivity contribution >= 4 is 28.0 Å². The van der Waals surface area contributed by atoms with Crippen LogP contribution in [0.3, 0.4) is 0 Å². The fraction of sp³-hybridized carbons (Fsp3) is 0.440. The minimum atomic E-state index is -1.66. The number of hydrogen-bond acceptors (Lipinski definition) is 2. The number of rotatable bonds is 6. The highest BCUT2D eigenvalue weighted by atomic mass is 28.3. The first kappa shape index (κ1) is 20.8. The molecule has 2 saturated heterocycles. The number of hydrogen-bond donors (Lipinski definition) is 0. The van der Waals surface area contributed by atoms with Crippen molar-refractivity contribution in [1.29, 1.82) is 0 Å². The first-order valence-corrected chi connectivity index (χ1v) is 15.4. The Kier molecular flexibility index (Phi) is 6.54. The van der Waals surface area contributed by atoms with Crippen molar-refractivity contribution < 1.29 is 9.47 Å². The monoisotopic (exact) mass is 422 g/mol. The van der Waals surface area contributed by atoms with Crippen LogP contribution in [0.25, 0.3) is 0 Å². The third-order valence-electron chi connectivity index (χ3n) is 7.22. The van der Waals surface area contributed by atoms with Crippen molar-refractivity contribution in [1.82, 2.24) is 0 Å². The van der Waals surface area contributed by atoms with E-state index in [2.05, 4.69) is 79.5 Å². The van der Waals surface area contributed by atoms with Crippen LogP contribution in [0.5, 0.6) is 0 Å². The van der Waals surface area contributed by atoms with E-state index < -0.39 is 17.6 Å². The van der Waals surface area contributed by atoms with Crippen LogP contribution in [0, 0.1) is 0 Å². The van der Waals surface area contributed by atoms with Crippen molar-refractivity contribution in [2.45, 2.75) is 55.5 Å². The molecule has 4 heteroatoms. The van der Waals surface area contributed by atoms with E-state index in [1.807, 2.05) is 0 Å². The average Bonchev–Trinajstić information content (AvgIpc) is 2.81. The smallest absolute Gasteiger partial charge is 0.133 e. The maximum atomic E-state index is 6.96. The summed E-state index contributed by atoms with van der Waals surface area (Å²) in [7, 11) is -3.13. The minimum Gasteiger partial charge on any atom is -0.376 e. The van der Waals surface area contributed by atoms with Gasteiger partial charge in [0.05, 0.1) is 10.4 Å². The molecule has 2 aromatic rings. The molecular weight excluding hydrogens is 388 g/mol. The van der Waals surface area contributed by atoms with Crippen molar-refractivity contribution in [2.24, 2.45) is 0 Å². The lowest BCUT2D eigenvalue weighted by Gasteiger charge is -2.58. The summed E-state index contributed by atoms with van der Waals surface area (Å²) in [5.74, 6) is 0. The Morgan fingerprint density at radius 2 is 1.28 bits per heavy atom. The molecule has 0 aromatic heterocycles. The molecule has 2 fully saturated rings. The molecule has 0 N–H and O–H groups in total. The van der Waals surface area contributed by atoms with Crippen LogP contribution in [0.2, 0.25) is 6.55 Å². The van der Waals surface area contributed by atoms with Crippen molar-refractivity contribution in [3.8, 4) is 0 Å². The van der Waals surface area contributed by atoms with E-state index in [1.54, 1.807) is 0 Å². The predicted molar refractivity (Wildman–Crippen MR) is 128 cm³/mol. The fourth-order valence-corrected chi connectivity index (χ4v) is 13.8. The summed E-state index contributed by atoms with van der Waals surface area (Å²) < 4.78 is 13.9. The molecule has 0 bridgehead atoms. The number of benzene rings is 2. The van der Waals surface area contributed by atoms with E-state index >= 15 is 0 Å². The van der Waals surface area contributed by atoms with Crippen LogP contribution in [-0.2, 0) is 9.47 Å². The van der Waals surface area contributed by atoms with E-state index in [0.29, 0.717) is 0 Å². The third kappa shape index (κ3) is 3.72. The molecule has 2 nitrogen and oxygen atoms in total. The van der Waals surface area contributed by atoms with E-state index in [1.165, 1.54) is 29.6 Å². The van der Waals surface area contributed by atoms with Gasteiger partial charge in [0.25, 0.3) is 0 Å². The van der Waals surface area contributed by atoms with E-state index in [0.717, 1.165) is 32.5 Å². The molecule has 4 rings (SSSR count). The Balaban J connectivity index is 1.87. The van der Waals surface area contributed by atoms with Crippen LogP contribution >= 0.6 is 0 Å². The second kappa shape index (κ2) is 9.13. The van der Waals surface area contributed by atoms with Gasteiger partial charge in [0, 0.05) is 13.2 Å². The van der Waals surface area contributed by atoms with Crippen LogP contribution in [0.4, 0.5) is 0 Å². The first-order valence-electron chi connectivity index (χ1n) is 11.2. The minimum absolute atomic E-state index is 0.159. The van der Waals surface area contributed by atoms with Gasteiger partial charge >= 0.3 is 0 Å². The summed E-state index contributed by atoms with van der Waals surface area (Å²) in [4.78, 5) is 0. The van der Waals surface area contributed by atoms with E-state index in [-0.39, 0.29) is 10.4 Å². The highest BCUT2D eigenvalue weighted by Crippen LogP contribution is 2.46. The van der Waals surface area contributed by atoms with Crippen LogP contribution < -0.4 is 10.4 Å². The molecule has 0 saturated carbocycles. The van der Waals surface area contributed by atoms with Crippen molar-refractivity contribution in [2.75, 3.05) is 13.2 Å². The first-order chi connectivity index (χ1) is 14.2. The van der Waals surface area contributed by atoms with Crippen molar-refractivity contribution in [3.63, 3.8) is 0 Å². The van der Waals surface area contributed by atoms with Crippen LogP contribution in [0.15, 0.2) is 72.9 Å². The molecule has 4 unspecified atom stereocenters. The Morgan fingerprint density at radius 1 is 0.759 bits per heavy atom. The molecule has 2 aliphatic heterocycles. The maximum absolute atomic E-state index is 6.96. The Hall–Kier alpha value is -1.47. The summed E-state index contributed by atoms with van der Waals surface area (Å²) in [6.45, 7) is 8.57. The zero-order valence-corrected chi connectivity index (χ0v) is 20.0. The lowest BCUT2D eigenvalue weighted by molar-refractivity contribution is -0.163. The van der Waals surface area contributed by atoms with Crippen LogP contribution in [-0.4, -0.2) is 41.3 Å². The largest absolute Gasteiger partial charge is 0.376 e. The van der Waals surface area contributed by atoms with Gasteiger partial charge in [-0.25, -0.2) is 0 Å². The lowest BCUT2D eigenvalue weighted by atomic mass is 9.96. The van der Waals surface area contributed by atoms with Gasteiger partial charge < -0.3 is 9.47 Å². The summed E-state index contributed by atoms with van der Waals surface area (Å²) in [5, 5.41) is 2.57. The Bertz CT molecular complexity index is 781. The summed E-state index contributed by atoms with van der Waals surface area (Å²) in [5.41, 5.74) is 2.27. The maximum Gasteiger partial charge on any atom is 0.133 e. The van der Waals surface area contributed by atoms with Gasteiger partial charge in [0.15, 0.2) is 0 Å². The zero-order chi connectivity index (χ0) is 20.2. The predicted octanol–water partition coefficient (Wildman–Crippen LogP) is 3.57. The topological polar surface area (TPSA) is 18.5 Å². The highest BCUT2D eigenvalue weighted by Gasteiger charge is 2.61. The molecule has 0 amide bonds. The quantitative estimate of drug-likeness (QED) is 0.663. The number of ether oxygens (including phenoxy) is 2. The van der Waals surface area contributed by atoms with E-state index in [9.17, 15) is 0 Å². The molecule has 2 heterocycles. The highest BCUT2D eigenvalue weighted by molar-refractivity contribution is 6.84. The molecule has 0 radical (unpaired) electrons. The molecular formula is C25H34O2Si2. The van der Waals surface area contributed by atoms with Gasteiger partial charge in [0.1, 0.15) is 17.6 Å². The zero-order valence-electron chi connectivity index (χ0n) is 17.7. The normalized spacial score (nSPS) is 29.7. The van der Waals surface area contributed by atoms with Gasteiger partial charge in [0.2, 0.25) is 0 Å². The Labute approximate surface area is 179 Å². The van der Waals surface area contributed by atoms with Crippen molar-refractivity contribution in [3.05, 3.63) is 72.9 Å². The van der Waals surface area contributed by atoms with Gasteiger partial charge in [-0.3, -0.25) is 0 Å². The van der Waals surface area contributed by atoms with E-state index in [4.69, 9.17) is 9.47 Å². The molecule has 0 aliphatic carbocycles. The lowest BCUT2D eigenvalue weighted by Crippen LogP contribution is -2.76. The van der Waals surface area contributed by atoms with Gasteiger partial charge in [-0.15, -0.1) is 6.58 Å². The second-order valence-electron chi connectivity index (χ2n) is 8.65. The molecule has 2 aliphatic rings. The standard InChI is InChI=1S/C25H34O2Si2/c1-3-29(23-16-8-5-9-17-23)25(19-11-13-21-27-25)24(18-10-12-20-26-24)28(2)22-14-6-4-7-15-22/h3-9,14-17,28-29H,1,10-13,18-21H2,2H3. The third-order valence-corrected chi connectivity index (χ3v) is 14.8. The fourth-order valence-electron chi connectivity index (χ4n) is 5.78. The SMILES string of the molecule is C=C[SiH](c1ccccc1)C1(C2([SiH](C)c3ccccc3)CCCCO2)CCCCO1. The second-order valence-corrected chi connectivity index (χ2v) is 14.7. The summed E-state index contributed by atoms with van der Waals surface area (Å²) in [6.07, 6.45) is 7.02. The van der Waals surface area contributed by atoms with Gasteiger partial charge in [-0.05, 0) is 38.5 Å². The van der Waals surface area contributed by atoms with Gasteiger partial charge in [-0.2, -0.15) is 0 Å². The van der Waals surface area contributed by atoms with Gasteiger partial charge in [-0.1, -0.05) is 83.3 Å². The molecule has 0 spiro atoms. The summed E-state index contributed by atoms with van der Waals surface area (Å²) >= 11 is 0. The summed E-state index contributed by atoms with van der Waals surface area (Å²) in [6, 6.07) is 22.2.